The summed E-state index contributed by atoms with van der Waals surface area (Å²) in [6, 6.07) is 8.73. The van der Waals surface area contributed by atoms with Crippen molar-refractivity contribution >= 4 is 11.7 Å². The number of anilines is 1. The molecule has 1 aliphatic heterocycles. The van der Waals surface area contributed by atoms with Crippen LogP contribution in [0.25, 0.3) is 0 Å². The highest BCUT2D eigenvalue weighted by Crippen LogP contribution is 2.28. The van der Waals surface area contributed by atoms with Crippen LogP contribution >= 0.6 is 0 Å². The maximum absolute atomic E-state index is 12.4. The van der Waals surface area contributed by atoms with Crippen LogP contribution < -0.4 is 4.90 Å². The quantitative estimate of drug-likeness (QED) is 0.796. The van der Waals surface area contributed by atoms with Crippen LogP contribution in [0, 0.1) is 0 Å². The Morgan fingerprint density at radius 2 is 1.84 bits per heavy atom. The van der Waals surface area contributed by atoms with Gasteiger partial charge in [-0.05, 0) is 37.0 Å². The predicted octanol–water partition coefficient (Wildman–Crippen LogP) is 3.63. The van der Waals surface area contributed by atoms with Crippen LogP contribution in [0.5, 0.6) is 0 Å². The summed E-state index contributed by atoms with van der Waals surface area (Å²) in [5.74, 6) is 0. The summed E-state index contributed by atoms with van der Waals surface area (Å²) in [7, 11) is 0. The molecule has 1 aliphatic rings. The van der Waals surface area contributed by atoms with E-state index in [9.17, 15) is 4.79 Å². The van der Waals surface area contributed by atoms with Gasteiger partial charge in [-0.1, -0.05) is 32.9 Å². The minimum Gasteiger partial charge on any atom is -0.320 e. The van der Waals surface area contributed by atoms with Gasteiger partial charge in [0.15, 0.2) is 0 Å². The molecule has 104 valence electrons. The largest absolute Gasteiger partial charge is 0.324 e. The molecule has 3 heteroatoms. The van der Waals surface area contributed by atoms with Gasteiger partial charge in [-0.2, -0.15) is 0 Å². The molecule has 0 atom stereocenters. The molecule has 19 heavy (non-hydrogen) atoms. The maximum atomic E-state index is 12.4. The third kappa shape index (κ3) is 2.75. The number of rotatable bonds is 2. The summed E-state index contributed by atoms with van der Waals surface area (Å²) in [5, 5.41) is 0. The van der Waals surface area contributed by atoms with Gasteiger partial charge in [0.1, 0.15) is 0 Å². The molecule has 3 nitrogen and oxygen atoms in total. The number of nitrogens with zero attached hydrogens (tertiary/aromatic N) is 2. The molecule has 1 saturated heterocycles. The maximum Gasteiger partial charge on any atom is 0.324 e. The molecule has 0 bridgehead atoms. The topological polar surface area (TPSA) is 23.6 Å². The summed E-state index contributed by atoms with van der Waals surface area (Å²) in [6.07, 6.45) is 0. The molecule has 2 amide bonds. The van der Waals surface area contributed by atoms with Gasteiger partial charge in [0.05, 0.1) is 0 Å². The van der Waals surface area contributed by atoms with Crippen molar-refractivity contribution in [3.05, 3.63) is 29.8 Å². The lowest BCUT2D eigenvalue weighted by Crippen LogP contribution is -2.36. The lowest BCUT2D eigenvalue weighted by atomic mass is 9.87. The molecule has 1 heterocycles. The van der Waals surface area contributed by atoms with Gasteiger partial charge in [0.2, 0.25) is 0 Å². The van der Waals surface area contributed by atoms with Crippen molar-refractivity contribution in [2.45, 2.75) is 46.1 Å². The van der Waals surface area contributed by atoms with Crippen molar-refractivity contribution in [3.8, 4) is 0 Å². The fourth-order valence-electron chi connectivity index (χ4n) is 2.41. The third-order valence-electron chi connectivity index (χ3n) is 3.69. The van der Waals surface area contributed by atoms with Crippen molar-refractivity contribution in [2.75, 3.05) is 18.0 Å². The van der Waals surface area contributed by atoms with Gasteiger partial charge in [0.25, 0.3) is 0 Å². The van der Waals surface area contributed by atoms with E-state index >= 15 is 0 Å². The lowest BCUT2D eigenvalue weighted by molar-refractivity contribution is 0.209. The molecule has 0 saturated carbocycles. The van der Waals surface area contributed by atoms with Crippen LogP contribution in [-0.4, -0.2) is 30.1 Å². The van der Waals surface area contributed by atoms with Gasteiger partial charge in [-0.25, -0.2) is 4.79 Å². The number of amides is 2. The monoisotopic (exact) mass is 260 g/mol. The average Bonchev–Trinajstić information content (AvgIpc) is 2.70. The van der Waals surface area contributed by atoms with Crippen molar-refractivity contribution in [3.63, 3.8) is 0 Å². The molecule has 2 rings (SSSR count). The van der Waals surface area contributed by atoms with Crippen molar-refractivity contribution in [2.24, 2.45) is 0 Å². The summed E-state index contributed by atoms with van der Waals surface area (Å²) < 4.78 is 0. The van der Waals surface area contributed by atoms with Gasteiger partial charge in [-0.3, -0.25) is 4.90 Å². The van der Waals surface area contributed by atoms with E-state index in [4.69, 9.17) is 0 Å². The van der Waals surface area contributed by atoms with Gasteiger partial charge in [0, 0.05) is 24.8 Å². The average molecular weight is 260 g/mol. The zero-order valence-electron chi connectivity index (χ0n) is 12.6. The van der Waals surface area contributed by atoms with E-state index in [1.807, 2.05) is 21.9 Å². The second-order valence-electron chi connectivity index (χ2n) is 6.52. The molecule has 0 radical (unpaired) electrons. The van der Waals surface area contributed by atoms with E-state index in [1.54, 1.807) is 0 Å². The predicted molar refractivity (Wildman–Crippen MR) is 79.7 cm³/mol. The van der Waals surface area contributed by atoms with Crippen molar-refractivity contribution in [1.82, 2.24) is 4.90 Å². The Labute approximate surface area is 116 Å². The fraction of sp³-hybridized carbons (Fsp3) is 0.562. The minimum absolute atomic E-state index is 0.108. The molecular weight excluding hydrogens is 236 g/mol. The normalized spacial score (nSPS) is 16.6. The van der Waals surface area contributed by atoms with Gasteiger partial charge in [-0.15, -0.1) is 0 Å². The van der Waals surface area contributed by atoms with Crippen LogP contribution in [0.4, 0.5) is 10.5 Å². The Hall–Kier alpha value is -1.51. The first kappa shape index (κ1) is 13.9. The van der Waals surface area contributed by atoms with E-state index in [2.05, 4.69) is 46.8 Å². The molecule has 0 unspecified atom stereocenters. The zero-order valence-corrected chi connectivity index (χ0v) is 12.6. The van der Waals surface area contributed by atoms with E-state index in [0.29, 0.717) is 0 Å². The highest BCUT2D eigenvalue weighted by Gasteiger charge is 2.31. The minimum atomic E-state index is 0.108. The highest BCUT2D eigenvalue weighted by atomic mass is 16.2. The zero-order chi connectivity index (χ0) is 14.2. The first-order valence-corrected chi connectivity index (χ1v) is 6.99. The molecule has 1 fully saturated rings. The first-order valence-electron chi connectivity index (χ1n) is 6.99. The number of hydrogen-bond donors (Lipinski definition) is 0. The molecule has 0 aromatic heterocycles. The summed E-state index contributed by atoms with van der Waals surface area (Å²) >= 11 is 0. The molecule has 1 aromatic rings. The standard InChI is InChI=1S/C16H24N2O/c1-12(2)17-9-10-18(15(17)19)14-8-6-7-13(11-14)16(3,4)5/h6-8,11-12H,9-10H2,1-5H3. The Morgan fingerprint density at radius 1 is 1.16 bits per heavy atom. The molecular formula is C16H24N2O. The van der Waals surface area contributed by atoms with Gasteiger partial charge >= 0.3 is 6.03 Å². The smallest absolute Gasteiger partial charge is 0.320 e. The Balaban J connectivity index is 2.27. The number of benzene rings is 1. The second-order valence-corrected chi connectivity index (χ2v) is 6.52. The van der Waals surface area contributed by atoms with Crippen molar-refractivity contribution in [1.29, 1.82) is 0 Å². The molecule has 0 aliphatic carbocycles. The van der Waals surface area contributed by atoms with E-state index < -0.39 is 0 Å². The van der Waals surface area contributed by atoms with Crippen LogP contribution in [0.2, 0.25) is 0 Å². The fourth-order valence-corrected chi connectivity index (χ4v) is 2.41. The number of hydrogen-bond acceptors (Lipinski definition) is 1. The van der Waals surface area contributed by atoms with E-state index in [1.165, 1.54) is 5.56 Å². The lowest BCUT2D eigenvalue weighted by Gasteiger charge is -2.24. The van der Waals surface area contributed by atoms with Gasteiger partial charge < -0.3 is 4.90 Å². The van der Waals surface area contributed by atoms with Crippen LogP contribution in [0.15, 0.2) is 24.3 Å². The van der Waals surface area contributed by atoms with E-state index in [-0.39, 0.29) is 17.5 Å². The van der Waals surface area contributed by atoms with Crippen LogP contribution in [0.3, 0.4) is 0 Å². The Morgan fingerprint density at radius 3 is 2.37 bits per heavy atom. The molecule has 0 N–H and O–H groups in total. The SMILES string of the molecule is CC(C)N1CCN(c2cccc(C(C)(C)C)c2)C1=O. The number of carbonyl (C=O) groups is 1. The highest BCUT2D eigenvalue weighted by molar-refractivity contribution is 5.94. The van der Waals surface area contributed by atoms with Crippen LogP contribution in [-0.2, 0) is 5.41 Å². The first-order chi connectivity index (χ1) is 8.80. The summed E-state index contributed by atoms with van der Waals surface area (Å²) in [4.78, 5) is 16.2. The third-order valence-corrected chi connectivity index (χ3v) is 3.69. The molecule has 1 aromatic carbocycles. The van der Waals surface area contributed by atoms with E-state index in [0.717, 1.165) is 18.8 Å². The molecule has 0 spiro atoms. The Kier molecular flexibility index (Phi) is 3.57. The van der Waals surface area contributed by atoms with Crippen LogP contribution in [0.1, 0.15) is 40.2 Å². The van der Waals surface area contributed by atoms with Crippen molar-refractivity contribution < 1.29 is 4.79 Å². The number of carbonyl (C=O) groups excluding carboxylic acids is 1. The summed E-state index contributed by atoms with van der Waals surface area (Å²) in [6.45, 7) is 12.3. The summed E-state index contributed by atoms with van der Waals surface area (Å²) in [5.41, 5.74) is 2.39. The Bertz CT molecular complexity index is 474. The second kappa shape index (κ2) is 4.87. The number of urea groups is 1.